The van der Waals surface area contributed by atoms with Crippen molar-refractivity contribution in [3.05, 3.63) is 18.6 Å². The van der Waals surface area contributed by atoms with Crippen LogP contribution in [0.2, 0.25) is 0 Å². The predicted octanol–water partition coefficient (Wildman–Crippen LogP) is 3.20. The van der Waals surface area contributed by atoms with Crippen molar-refractivity contribution < 1.29 is 0 Å². The van der Waals surface area contributed by atoms with E-state index in [0.717, 1.165) is 0 Å². The van der Waals surface area contributed by atoms with Gasteiger partial charge in [-0.3, -0.25) is 0 Å². The van der Waals surface area contributed by atoms with Crippen molar-refractivity contribution in [3.63, 3.8) is 0 Å². The Kier molecular flexibility index (Phi) is 5.49. The number of unbranched alkanes of at least 4 members (excludes halogenated alkanes) is 1. The van der Waals surface area contributed by atoms with Gasteiger partial charge in [-0.2, -0.15) is 0 Å². The molecule has 0 bridgehead atoms. The maximum Gasteiger partial charge on any atom is 0.0895 e. The van der Waals surface area contributed by atoms with Gasteiger partial charge in [0.25, 0.3) is 0 Å². The molecule has 0 nitrogen and oxygen atoms in total. The normalized spacial score (nSPS) is 11.1. The standard InChI is InChI=1S/C9H17/c1-4-5-6-7-8-9(2)3/h6-9H,4-5H2,1-3H3/q+1. The van der Waals surface area contributed by atoms with Gasteiger partial charge in [-0.1, -0.05) is 6.92 Å². The van der Waals surface area contributed by atoms with Crippen molar-refractivity contribution in [3.8, 4) is 0 Å². The van der Waals surface area contributed by atoms with Crippen LogP contribution in [0.3, 0.4) is 0 Å². The molecule has 0 aliphatic heterocycles. The zero-order valence-corrected chi connectivity index (χ0v) is 6.72. The van der Waals surface area contributed by atoms with Crippen LogP contribution in [0.15, 0.2) is 12.2 Å². The van der Waals surface area contributed by atoms with E-state index in [9.17, 15) is 0 Å². The van der Waals surface area contributed by atoms with Crippen LogP contribution in [0.1, 0.15) is 33.6 Å². The second kappa shape index (κ2) is 5.74. The van der Waals surface area contributed by atoms with Crippen LogP contribution in [0, 0.1) is 12.3 Å². The van der Waals surface area contributed by atoms with Crippen molar-refractivity contribution in [1.82, 2.24) is 0 Å². The van der Waals surface area contributed by atoms with Gasteiger partial charge in [0, 0.05) is 24.8 Å². The van der Waals surface area contributed by atoms with E-state index in [1.165, 1.54) is 12.8 Å². The van der Waals surface area contributed by atoms with Crippen molar-refractivity contribution in [2.75, 3.05) is 0 Å². The summed E-state index contributed by atoms with van der Waals surface area (Å²) in [6, 6.07) is 0. The van der Waals surface area contributed by atoms with Gasteiger partial charge >= 0.3 is 0 Å². The Hall–Kier alpha value is -0.390. The summed E-state index contributed by atoms with van der Waals surface area (Å²) in [5, 5.41) is 0. The molecule has 52 valence electrons. The van der Waals surface area contributed by atoms with Crippen molar-refractivity contribution in [2.45, 2.75) is 33.6 Å². The molecular formula is C9H17+. The van der Waals surface area contributed by atoms with Crippen LogP contribution in [0.5, 0.6) is 0 Å². The lowest BCUT2D eigenvalue weighted by Gasteiger charge is -1.87. The van der Waals surface area contributed by atoms with Gasteiger partial charge in [0.1, 0.15) is 0 Å². The Labute approximate surface area is 59.0 Å². The molecule has 0 spiro atoms. The summed E-state index contributed by atoms with van der Waals surface area (Å²) >= 11 is 0. The lowest BCUT2D eigenvalue weighted by molar-refractivity contribution is 0.783. The van der Waals surface area contributed by atoms with E-state index in [4.69, 9.17) is 0 Å². The molecule has 0 atom stereocenters. The van der Waals surface area contributed by atoms with E-state index in [2.05, 4.69) is 39.3 Å². The Morgan fingerprint density at radius 3 is 2.56 bits per heavy atom. The Bertz CT molecular complexity index is 70.1. The van der Waals surface area contributed by atoms with E-state index in [1.54, 1.807) is 0 Å². The van der Waals surface area contributed by atoms with Crippen molar-refractivity contribution >= 4 is 0 Å². The largest absolute Gasteiger partial charge is 0.0895 e. The Balaban J connectivity index is 3.04. The van der Waals surface area contributed by atoms with Crippen LogP contribution in [-0.2, 0) is 0 Å². The molecule has 0 rings (SSSR count). The van der Waals surface area contributed by atoms with E-state index < -0.39 is 0 Å². The fourth-order valence-electron chi connectivity index (χ4n) is 0.564. The quantitative estimate of drug-likeness (QED) is 0.506. The molecule has 0 heteroatoms. The molecule has 0 aromatic rings. The SMILES string of the molecule is CCCC=C[CH+]C(C)C. The minimum atomic E-state index is 0.693. The second-order valence-electron chi connectivity index (χ2n) is 2.65. The lowest BCUT2D eigenvalue weighted by Crippen LogP contribution is -1.82. The first kappa shape index (κ1) is 8.61. The molecule has 0 saturated heterocycles. The topological polar surface area (TPSA) is 0 Å². The van der Waals surface area contributed by atoms with Gasteiger partial charge in [-0.05, 0) is 20.3 Å². The average molecular weight is 125 g/mol. The Morgan fingerprint density at radius 1 is 1.44 bits per heavy atom. The van der Waals surface area contributed by atoms with Crippen LogP contribution in [0.4, 0.5) is 0 Å². The monoisotopic (exact) mass is 125 g/mol. The molecule has 0 aliphatic rings. The molecule has 9 heavy (non-hydrogen) atoms. The molecule has 0 heterocycles. The molecule has 0 aromatic carbocycles. The molecule has 0 aliphatic carbocycles. The Morgan fingerprint density at radius 2 is 2.11 bits per heavy atom. The van der Waals surface area contributed by atoms with Crippen LogP contribution in [0.25, 0.3) is 0 Å². The van der Waals surface area contributed by atoms with Gasteiger partial charge in [0.2, 0.25) is 0 Å². The van der Waals surface area contributed by atoms with Crippen molar-refractivity contribution in [2.24, 2.45) is 5.92 Å². The number of hydrogen-bond donors (Lipinski definition) is 0. The first-order valence-electron chi connectivity index (χ1n) is 3.77. The third kappa shape index (κ3) is 7.61. The minimum Gasteiger partial charge on any atom is -0.0634 e. The first-order chi connectivity index (χ1) is 4.27. The summed E-state index contributed by atoms with van der Waals surface area (Å²) in [4.78, 5) is 0. The highest BCUT2D eigenvalue weighted by Crippen LogP contribution is 1.99. The molecule has 0 N–H and O–H groups in total. The highest BCUT2D eigenvalue weighted by atomic mass is 13.9. The van der Waals surface area contributed by atoms with Gasteiger partial charge in [0.15, 0.2) is 0 Å². The van der Waals surface area contributed by atoms with Gasteiger partial charge in [0.05, 0.1) is 6.08 Å². The second-order valence-corrected chi connectivity index (χ2v) is 2.65. The fourth-order valence-corrected chi connectivity index (χ4v) is 0.564. The fraction of sp³-hybridized carbons (Fsp3) is 0.667. The predicted molar refractivity (Wildman–Crippen MR) is 43.2 cm³/mol. The van der Waals surface area contributed by atoms with E-state index in [-0.39, 0.29) is 0 Å². The van der Waals surface area contributed by atoms with Crippen LogP contribution in [-0.4, -0.2) is 0 Å². The summed E-state index contributed by atoms with van der Waals surface area (Å²) in [5.74, 6) is 0.693. The van der Waals surface area contributed by atoms with Gasteiger partial charge < -0.3 is 0 Å². The van der Waals surface area contributed by atoms with Crippen molar-refractivity contribution in [1.29, 1.82) is 0 Å². The molecule has 0 fully saturated rings. The summed E-state index contributed by atoms with van der Waals surface area (Å²) in [6.07, 6.45) is 9.06. The summed E-state index contributed by atoms with van der Waals surface area (Å²) < 4.78 is 0. The third-order valence-electron chi connectivity index (χ3n) is 1.09. The molecule has 0 aromatic heterocycles. The molecule has 0 unspecified atom stereocenters. The average Bonchev–Trinajstić information content (AvgIpc) is 1.80. The minimum absolute atomic E-state index is 0.693. The lowest BCUT2D eigenvalue weighted by atomic mass is 10.1. The third-order valence-corrected chi connectivity index (χ3v) is 1.09. The molecular weight excluding hydrogens is 108 g/mol. The maximum atomic E-state index is 2.22. The van der Waals surface area contributed by atoms with E-state index in [1.807, 2.05) is 0 Å². The van der Waals surface area contributed by atoms with Crippen LogP contribution >= 0.6 is 0 Å². The molecule has 0 radical (unpaired) electrons. The number of allylic oxidation sites excluding steroid dienone is 2. The molecule has 0 saturated carbocycles. The number of hydrogen-bond acceptors (Lipinski definition) is 0. The summed E-state index contributed by atoms with van der Waals surface area (Å²) in [7, 11) is 0. The highest BCUT2D eigenvalue weighted by molar-refractivity contribution is 4.95. The van der Waals surface area contributed by atoms with Gasteiger partial charge in [-0.25, -0.2) is 0 Å². The zero-order valence-electron chi connectivity index (χ0n) is 6.72. The molecule has 0 amide bonds. The van der Waals surface area contributed by atoms with E-state index >= 15 is 0 Å². The number of rotatable bonds is 4. The summed E-state index contributed by atoms with van der Waals surface area (Å²) in [5.41, 5.74) is 0. The zero-order chi connectivity index (χ0) is 7.11. The summed E-state index contributed by atoms with van der Waals surface area (Å²) in [6.45, 7) is 6.58. The van der Waals surface area contributed by atoms with E-state index in [0.29, 0.717) is 5.92 Å². The first-order valence-corrected chi connectivity index (χ1v) is 3.77. The van der Waals surface area contributed by atoms with Gasteiger partial charge in [-0.15, -0.1) is 0 Å². The smallest absolute Gasteiger partial charge is 0.0634 e. The highest BCUT2D eigenvalue weighted by Gasteiger charge is 1.93. The maximum absolute atomic E-state index is 2.22. The van der Waals surface area contributed by atoms with Crippen LogP contribution < -0.4 is 0 Å².